The third-order valence-corrected chi connectivity index (χ3v) is 8.70. The van der Waals surface area contributed by atoms with Gasteiger partial charge in [-0.3, -0.25) is 25.0 Å². The van der Waals surface area contributed by atoms with Crippen LogP contribution in [0, 0.1) is 21.4 Å². The Hall–Kier alpha value is -3.05. The third kappa shape index (κ3) is 5.93. The number of rotatable bonds is 5. The highest BCUT2D eigenvalue weighted by molar-refractivity contribution is 7.80. The number of nitrogens with zero attached hydrogens (tertiary/aromatic N) is 2. The molecule has 4 rings (SSSR count). The molecule has 0 bridgehead atoms. The minimum absolute atomic E-state index is 0.00114. The maximum Gasteiger partial charge on any atom is 0.293 e. The molecule has 0 unspecified atom stereocenters. The van der Waals surface area contributed by atoms with Gasteiger partial charge in [0.2, 0.25) is 0 Å². The number of thiocarbonyl (C=S) groups is 1. The van der Waals surface area contributed by atoms with Crippen molar-refractivity contribution in [1.29, 1.82) is 0 Å². The van der Waals surface area contributed by atoms with E-state index in [2.05, 4.69) is 31.4 Å². The fourth-order valence-corrected chi connectivity index (χ4v) is 6.79. The van der Waals surface area contributed by atoms with Crippen molar-refractivity contribution in [1.82, 2.24) is 5.32 Å². The van der Waals surface area contributed by atoms with Gasteiger partial charge in [0, 0.05) is 29.6 Å². The van der Waals surface area contributed by atoms with Crippen molar-refractivity contribution in [2.45, 2.75) is 59.3 Å². The van der Waals surface area contributed by atoms with Crippen molar-refractivity contribution in [2.24, 2.45) is 17.1 Å². The van der Waals surface area contributed by atoms with Crippen LogP contribution in [0.5, 0.6) is 0 Å². The number of thiophene rings is 1. The molecule has 198 valence electrons. The molecular formula is C26H33N5O4S2. The number of nitrogens with one attached hydrogen (secondary N) is 2. The zero-order valence-corrected chi connectivity index (χ0v) is 23.0. The van der Waals surface area contributed by atoms with Crippen molar-refractivity contribution in [2.75, 3.05) is 23.3 Å². The van der Waals surface area contributed by atoms with Crippen LogP contribution >= 0.6 is 23.6 Å². The Morgan fingerprint density at radius 3 is 2.54 bits per heavy atom. The third-order valence-electron chi connectivity index (χ3n) is 7.32. The molecule has 1 saturated heterocycles. The smallest absolute Gasteiger partial charge is 0.293 e. The number of hydrogen-bond donors (Lipinski definition) is 3. The van der Waals surface area contributed by atoms with Crippen LogP contribution in [0.3, 0.4) is 0 Å². The van der Waals surface area contributed by atoms with Crippen LogP contribution < -0.4 is 21.3 Å². The number of carbonyl (C=O) groups excluding carboxylic acids is 2. The highest BCUT2D eigenvalue weighted by Crippen LogP contribution is 2.44. The summed E-state index contributed by atoms with van der Waals surface area (Å²) < 4.78 is 0. The quantitative estimate of drug-likeness (QED) is 0.274. The Morgan fingerprint density at radius 2 is 1.92 bits per heavy atom. The molecule has 11 heteroatoms. The van der Waals surface area contributed by atoms with E-state index < -0.39 is 16.7 Å². The summed E-state index contributed by atoms with van der Waals surface area (Å²) in [6, 6.07) is 4.48. The highest BCUT2D eigenvalue weighted by Gasteiger charge is 2.33. The number of nitrogens with two attached hydrogens (primary N) is 1. The van der Waals surface area contributed by atoms with Crippen LogP contribution in [0.15, 0.2) is 18.2 Å². The highest BCUT2D eigenvalue weighted by atomic mass is 32.1. The number of carbonyl (C=O) groups is 2. The Bertz CT molecular complexity index is 1240. The van der Waals surface area contributed by atoms with Crippen molar-refractivity contribution in [3.05, 3.63) is 49.9 Å². The van der Waals surface area contributed by atoms with E-state index in [-0.39, 0.29) is 21.8 Å². The van der Waals surface area contributed by atoms with E-state index in [9.17, 15) is 19.7 Å². The van der Waals surface area contributed by atoms with Gasteiger partial charge in [-0.25, -0.2) is 0 Å². The zero-order chi connectivity index (χ0) is 26.9. The van der Waals surface area contributed by atoms with E-state index in [1.807, 2.05) is 4.90 Å². The molecule has 0 saturated carbocycles. The Kier molecular flexibility index (Phi) is 7.84. The van der Waals surface area contributed by atoms with Crippen LogP contribution in [0.4, 0.5) is 16.4 Å². The maximum absolute atomic E-state index is 12.9. The lowest BCUT2D eigenvalue weighted by molar-refractivity contribution is -0.384. The number of primary amides is 1. The van der Waals surface area contributed by atoms with E-state index in [4.69, 9.17) is 18.0 Å². The van der Waals surface area contributed by atoms with Gasteiger partial charge in [0.25, 0.3) is 17.5 Å². The van der Waals surface area contributed by atoms with Gasteiger partial charge < -0.3 is 16.0 Å². The molecule has 1 fully saturated rings. The minimum atomic E-state index is -0.569. The van der Waals surface area contributed by atoms with Gasteiger partial charge in [-0.05, 0) is 79.8 Å². The summed E-state index contributed by atoms with van der Waals surface area (Å²) in [6.45, 7) is 8.17. The summed E-state index contributed by atoms with van der Waals surface area (Å²) in [5.74, 6) is -0.615. The minimum Gasteiger partial charge on any atom is -0.366 e. The number of nitro groups is 1. The Labute approximate surface area is 225 Å². The van der Waals surface area contributed by atoms with E-state index in [1.54, 1.807) is 12.1 Å². The van der Waals surface area contributed by atoms with Gasteiger partial charge in [-0.1, -0.05) is 20.8 Å². The van der Waals surface area contributed by atoms with Crippen molar-refractivity contribution >= 4 is 56.9 Å². The maximum atomic E-state index is 12.9. The first kappa shape index (κ1) is 27.0. The summed E-state index contributed by atoms with van der Waals surface area (Å²) in [5.41, 5.74) is 7.79. The molecule has 0 spiro atoms. The molecular weight excluding hydrogens is 510 g/mol. The molecule has 1 atom stereocenters. The first-order valence-electron chi connectivity index (χ1n) is 12.6. The van der Waals surface area contributed by atoms with Crippen molar-refractivity contribution in [3.63, 3.8) is 0 Å². The molecule has 9 nitrogen and oxygen atoms in total. The number of fused-ring (bicyclic) bond motifs is 1. The second-order valence-corrected chi connectivity index (χ2v) is 12.3. The predicted molar refractivity (Wildman–Crippen MR) is 151 cm³/mol. The van der Waals surface area contributed by atoms with Gasteiger partial charge in [0.05, 0.1) is 10.5 Å². The average molecular weight is 544 g/mol. The topological polar surface area (TPSA) is 131 Å². The van der Waals surface area contributed by atoms with Gasteiger partial charge in [0.15, 0.2) is 5.11 Å². The SMILES string of the molecule is CC(C)(C)[C@H]1CCc2c(sc(NC(=S)NC(=O)c3ccc(N4CCCCC4)c([N+](=O)[O-])c3)c2C(N)=O)C1. The zero-order valence-electron chi connectivity index (χ0n) is 21.4. The summed E-state index contributed by atoms with van der Waals surface area (Å²) in [7, 11) is 0. The first-order valence-corrected chi connectivity index (χ1v) is 13.8. The molecule has 1 aliphatic heterocycles. The standard InChI is InChI=1S/C26H33N5O4S2/c1-26(2,3)16-8-9-17-20(14-16)37-24(21(17)22(27)32)29-25(36)28-23(33)15-7-10-18(19(13-15)31(34)35)30-11-5-4-6-12-30/h7,10,13,16H,4-6,8-9,11-12,14H2,1-3H3,(H2,27,32)(H2,28,29,33,36)/t16-/m0/s1. The molecule has 1 aliphatic carbocycles. The van der Waals surface area contributed by atoms with E-state index in [0.29, 0.717) is 22.2 Å². The largest absolute Gasteiger partial charge is 0.366 e. The van der Waals surface area contributed by atoms with Gasteiger partial charge >= 0.3 is 0 Å². The van der Waals surface area contributed by atoms with Crippen molar-refractivity contribution < 1.29 is 14.5 Å². The molecule has 2 aliphatic rings. The van der Waals surface area contributed by atoms with E-state index in [1.165, 1.54) is 17.4 Å². The number of hydrogen-bond acceptors (Lipinski definition) is 7. The first-order chi connectivity index (χ1) is 17.5. The molecule has 2 amide bonds. The number of amides is 2. The number of nitro benzene ring substituents is 1. The Balaban J connectivity index is 1.50. The average Bonchev–Trinajstić information content (AvgIpc) is 3.20. The van der Waals surface area contributed by atoms with Crippen LogP contribution in [-0.4, -0.2) is 34.9 Å². The molecule has 2 aromatic rings. The fraction of sp³-hybridized carbons (Fsp3) is 0.500. The summed E-state index contributed by atoms with van der Waals surface area (Å²) >= 11 is 6.80. The summed E-state index contributed by atoms with van der Waals surface area (Å²) in [4.78, 5) is 39.6. The molecule has 1 aromatic heterocycles. The monoisotopic (exact) mass is 543 g/mol. The second kappa shape index (κ2) is 10.7. The summed E-state index contributed by atoms with van der Waals surface area (Å²) in [6.07, 6.45) is 5.67. The normalized spacial score (nSPS) is 17.6. The van der Waals surface area contributed by atoms with Gasteiger partial charge in [0.1, 0.15) is 10.7 Å². The number of benzene rings is 1. The Morgan fingerprint density at radius 1 is 1.22 bits per heavy atom. The van der Waals surface area contributed by atoms with Crippen LogP contribution in [0.25, 0.3) is 0 Å². The predicted octanol–water partition coefficient (Wildman–Crippen LogP) is 5.02. The molecule has 0 radical (unpaired) electrons. The molecule has 1 aromatic carbocycles. The fourth-order valence-electron chi connectivity index (χ4n) is 5.20. The molecule has 2 heterocycles. The van der Waals surface area contributed by atoms with Crippen LogP contribution in [-0.2, 0) is 12.8 Å². The summed E-state index contributed by atoms with van der Waals surface area (Å²) in [5, 5.41) is 17.8. The number of piperidine rings is 1. The van der Waals surface area contributed by atoms with E-state index in [0.717, 1.165) is 62.1 Å². The molecule has 37 heavy (non-hydrogen) atoms. The van der Waals surface area contributed by atoms with Crippen LogP contribution in [0.1, 0.15) is 77.6 Å². The molecule has 4 N–H and O–H groups in total. The lowest BCUT2D eigenvalue weighted by Crippen LogP contribution is -2.34. The van der Waals surface area contributed by atoms with Crippen LogP contribution in [0.2, 0.25) is 0 Å². The van der Waals surface area contributed by atoms with E-state index >= 15 is 0 Å². The second-order valence-electron chi connectivity index (χ2n) is 10.8. The lowest BCUT2D eigenvalue weighted by Gasteiger charge is -2.33. The lowest BCUT2D eigenvalue weighted by atomic mass is 9.72. The number of anilines is 2. The van der Waals surface area contributed by atoms with Gasteiger partial charge in [-0.15, -0.1) is 11.3 Å². The van der Waals surface area contributed by atoms with Crippen molar-refractivity contribution in [3.8, 4) is 0 Å². The van der Waals surface area contributed by atoms with Gasteiger partial charge in [-0.2, -0.15) is 0 Å².